The van der Waals surface area contributed by atoms with Gasteiger partial charge in [0.15, 0.2) is 5.96 Å². The molecule has 0 aliphatic rings. The number of nitrogens with zero attached hydrogens (tertiary/aromatic N) is 3. The Labute approximate surface area is 131 Å². The Morgan fingerprint density at radius 1 is 0.778 bits per heavy atom. The van der Waals surface area contributed by atoms with Crippen molar-refractivity contribution in [2.24, 2.45) is 4.99 Å². The molecule has 0 fully saturated rings. The molecule has 0 heterocycles. The normalized spacial score (nSPS) is 9.61. The van der Waals surface area contributed by atoms with E-state index >= 15 is 0 Å². The Morgan fingerprint density at radius 3 is 1.67 bits per heavy atom. The fourth-order valence-corrected chi connectivity index (χ4v) is 1.93. The van der Waals surface area contributed by atoms with Crippen LogP contribution in [0, 0.1) is 0 Å². The molecule has 0 aromatic carbocycles. The van der Waals surface area contributed by atoms with Gasteiger partial charge in [-0.3, -0.25) is 4.99 Å². The highest BCUT2D eigenvalue weighted by Crippen LogP contribution is 2.06. The van der Waals surface area contributed by atoms with E-state index in [1.807, 2.05) is 28.2 Å². The van der Waals surface area contributed by atoms with Crippen LogP contribution < -0.4 is 0 Å². The standard InChI is InChI=1S/C14H31N3.HI/c1-6-7-8-9-10-11-12-13-15-14(16(2)3)17(4)5;/h6-13H2,1-5H3;1H. The summed E-state index contributed by atoms with van der Waals surface area (Å²) in [6, 6.07) is 0. The van der Waals surface area contributed by atoms with E-state index in [0.29, 0.717) is 0 Å². The van der Waals surface area contributed by atoms with Crippen molar-refractivity contribution in [3.8, 4) is 0 Å². The fraction of sp³-hybridized carbons (Fsp3) is 0.929. The van der Waals surface area contributed by atoms with Gasteiger partial charge in [0.05, 0.1) is 0 Å². The summed E-state index contributed by atoms with van der Waals surface area (Å²) in [6.07, 6.45) is 9.43. The molecule has 18 heavy (non-hydrogen) atoms. The van der Waals surface area contributed by atoms with Crippen LogP contribution in [0.4, 0.5) is 0 Å². The van der Waals surface area contributed by atoms with Crippen molar-refractivity contribution in [1.82, 2.24) is 9.80 Å². The second-order valence-electron chi connectivity index (χ2n) is 5.09. The topological polar surface area (TPSA) is 18.8 Å². The highest BCUT2D eigenvalue weighted by atomic mass is 127. The van der Waals surface area contributed by atoms with E-state index in [2.05, 4.69) is 21.7 Å². The summed E-state index contributed by atoms with van der Waals surface area (Å²) in [4.78, 5) is 8.77. The predicted molar refractivity (Wildman–Crippen MR) is 93.1 cm³/mol. The molecule has 4 heteroatoms. The van der Waals surface area contributed by atoms with E-state index in [-0.39, 0.29) is 24.0 Å². The molecule has 0 rings (SSSR count). The van der Waals surface area contributed by atoms with E-state index < -0.39 is 0 Å². The van der Waals surface area contributed by atoms with Crippen LogP contribution in [-0.4, -0.2) is 50.5 Å². The number of hydrogen-bond donors (Lipinski definition) is 0. The highest BCUT2D eigenvalue weighted by molar-refractivity contribution is 14.0. The minimum atomic E-state index is 0. The second kappa shape index (κ2) is 13.4. The number of aliphatic imine (C=N–C) groups is 1. The summed E-state index contributed by atoms with van der Waals surface area (Å²) in [6.45, 7) is 3.22. The van der Waals surface area contributed by atoms with Crippen molar-refractivity contribution in [3.63, 3.8) is 0 Å². The zero-order valence-electron chi connectivity index (χ0n) is 12.9. The lowest BCUT2D eigenvalue weighted by atomic mass is 10.1. The summed E-state index contributed by atoms with van der Waals surface area (Å²) >= 11 is 0. The summed E-state index contributed by atoms with van der Waals surface area (Å²) in [5, 5.41) is 0. The predicted octanol–water partition coefficient (Wildman–Crippen LogP) is 3.83. The van der Waals surface area contributed by atoms with Gasteiger partial charge in [-0.2, -0.15) is 0 Å². The van der Waals surface area contributed by atoms with Gasteiger partial charge in [0.1, 0.15) is 0 Å². The number of rotatable bonds is 8. The Hall–Kier alpha value is 0. The zero-order valence-corrected chi connectivity index (χ0v) is 15.2. The van der Waals surface area contributed by atoms with Crippen LogP contribution in [0.2, 0.25) is 0 Å². The third kappa shape index (κ3) is 11.1. The van der Waals surface area contributed by atoms with Gasteiger partial charge in [0.25, 0.3) is 0 Å². The number of unbranched alkanes of at least 4 members (excludes halogenated alkanes) is 6. The third-order valence-electron chi connectivity index (χ3n) is 2.81. The second-order valence-corrected chi connectivity index (χ2v) is 5.09. The molecule has 0 atom stereocenters. The van der Waals surface area contributed by atoms with E-state index in [4.69, 9.17) is 0 Å². The van der Waals surface area contributed by atoms with E-state index in [1.54, 1.807) is 0 Å². The maximum Gasteiger partial charge on any atom is 0.195 e. The fourth-order valence-electron chi connectivity index (χ4n) is 1.93. The first-order chi connectivity index (χ1) is 8.09. The first-order valence-electron chi connectivity index (χ1n) is 6.98. The molecule has 0 aliphatic heterocycles. The maximum absolute atomic E-state index is 4.63. The molecule has 0 bridgehead atoms. The molecule has 0 spiro atoms. The number of hydrogen-bond acceptors (Lipinski definition) is 1. The zero-order chi connectivity index (χ0) is 13.1. The summed E-state index contributed by atoms with van der Waals surface area (Å²) in [5.74, 6) is 1.07. The van der Waals surface area contributed by atoms with E-state index in [1.165, 1.54) is 44.9 Å². The van der Waals surface area contributed by atoms with Crippen LogP contribution in [0.25, 0.3) is 0 Å². The van der Waals surface area contributed by atoms with Gasteiger partial charge >= 0.3 is 0 Å². The SMILES string of the molecule is CCCCCCCCCN=C(N(C)C)N(C)C.I. The molecule has 0 unspecified atom stereocenters. The quantitative estimate of drug-likeness (QED) is 0.280. The Morgan fingerprint density at radius 2 is 1.22 bits per heavy atom. The molecular formula is C14H32IN3. The van der Waals surface area contributed by atoms with Crippen molar-refractivity contribution >= 4 is 29.9 Å². The average Bonchev–Trinajstić information content (AvgIpc) is 2.26. The molecule has 0 saturated heterocycles. The monoisotopic (exact) mass is 369 g/mol. The summed E-state index contributed by atoms with van der Waals surface area (Å²) in [5.41, 5.74) is 0. The third-order valence-corrected chi connectivity index (χ3v) is 2.81. The van der Waals surface area contributed by atoms with Crippen molar-refractivity contribution in [2.75, 3.05) is 34.7 Å². The molecular weight excluding hydrogens is 337 g/mol. The molecule has 0 amide bonds. The molecule has 0 saturated carbocycles. The minimum absolute atomic E-state index is 0. The highest BCUT2D eigenvalue weighted by Gasteiger charge is 2.02. The van der Waals surface area contributed by atoms with Crippen molar-refractivity contribution in [2.45, 2.75) is 51.9 Å². The first-order valence-corrected chi connectivity index (χ1v) is 6.98. The summed E-state index contributed by atoms with van der Waals surface area (Å²) in [7, 11) is 8.18. The first kappa shape index (κ1) is 20.3. The van der Waals surface area contributed by atoms with Gasteiger partial charge in [0, 0.05) is 34.7 Å². The lowest BCUT2D eigenvalue weighted by molar-refractivity contribution is 0.477. The van der Waals surface area contributed by atoms with Crippen molar-refractivity contribution in [1.29, 1.82) is 0 Å². The van der Waals surface area contributed by atoms with Gasteiger partial charge in [-0.1, -0.05) is 45.4 Å². The molecule has 110 valence electrons. The van der Waals surface area contributed by atoms with Crippen LogP contribution in [-0.2, 0) is 0 Å². The van der Waals surface area contributed by atoms with Crippen molar-refractivity contribution in [3.05, 3.63) is 0 Å². The summed E-state index contributed by atoms with van der Waals surface area (Å²) < 4.78 is 0. The van der Waals surface area contributed by atoms with Crippen LogP contribution in [0.1, 0.15) is 51.9 Å². The largest absolute Gasteiger partial charge is 0.349 e. The average molecular weight is 369 g/mol. The van der Waals surface area contributed by atoms with Crippen LogP contribution in [0.5, 0.6) is 0 Å². The number of guanidine groups is 1. The van der Waals surface area contributed by atoms with Gasteiger partial charge in [-0.25, -0.2) is 0 Å². The van der Waals surface area contributed by atoms with Gasteiger partial charge in [-0.05, 0) is 6.42 Å². The molecule has 0 aromatic heterocycles. The number of halogens is 1. The molecule has 0 N–H and O–H groups in total. The van der Waals surface area contributed by atoms with Gasteiger partial charge in [-0.15, -0.1) is 24.0 Å². The van der Waals surface area contributed by atoms with E-state index in [9.17, 15) is 0 Å². The maximum atomic E-state index is 4.63. The molecule has 0 radical (unpaired) electrons. The Kier molecular flexibility index (Phi) is 15.2. The van der Waals surface area contributed by atoms with Gasteiger partial charge < -0.3 is 9.80 Å². The van der Waals surface area contributed by atoms with E-state index in [0.717, 1.165) is 12.5 Å². The minimum Gasteiger partial charge on any atom is -0.349 e. The Balaban J connectivity index is 0. The van der Waals surface area contributed by atoms with Crippen LogP contribution in [0.3, 0.4) is 0 Å². The molecule has 0 aliphatic carbocycles. The Bertz CT molecular complexity index is 193. The lowest BCUT2D eigenvalue weighted by Crippen LogP contribution is -2.35. The smallest absolute Gasteiger partial charge is 0.195 e. The van der Waals surface area contributed by atoms with Crippen LogP contribution >= 0.6 is 24.0 Å². The molecule has 0 aromatic rings. The van der Waals surface area contributed by atoms with Crippen LogP contribution in [0.15, 0.2) is 4.99 Å². The molecule has 3 nitrogen and oxygen atoms in total. The van der Waals surface area contributed by atoms with Gasteiger partial charge in [0.2, 0.25) is 0 Å². The van der Waals surface area contributed by atoms with Crippen molar-refractivity contribution < 1.29 is 0 Å². The lowest BCUT2D eigenvalue weighted by Gasteiger charge is -2.22.